The van der Waals surface area contributed by atoms with Gasteiger partial charge in [-0.25, -0.2) is 0 Å². The quantitative estimate of drug-likeness (QED) is 0.709. The molecule has 1 N–H and O–H groups in total. The number of benzene rings is 2. The molecule has 3 aromatic rings. The van der Waals surface area contributed by atoms with Crippen molar-refractivity contribution in [1.29, 1.82) is 0 Å². The average Bonchev–Trinajstić information content (AvgIpc) is 3.03. The van der Waals surface area contributed by atoms with Crippen molar-refractivity contribution in [2.24, 2.45) is 0 Å². The summed E-state index contributed by atoms with van der Waals surface area (Å²) < 4.78 is 7.12. The first-order valence-corrected chi connectivity index (χ1v) is 8.02. The molecule has 2 aromatic carbocycles. The second-order valence-corrected chi connectivity index (χ2v) is 5.72. The van der Waals surface area contributed by atoms with Crippen molar-refractivity contribution in [3.63, 3.8) is 0 Å². The van der Waals surface area contributed by atoms with Crippen LogP contribution in [0.15, 0.2) is 48.7 Å². The van der Waals surface area contributed by atoms with E-state index in [0.717, 1.165) is 18.5 Å². The summed E-state index contributed by atoms with van der Waals surface area (Å²) in [5.74, 6) is 0.594. The zero-order chi connectivity index (χ0) is 16.9. The molecule has 124 valence electrons. The number of nitrogens with one attached hydrogen (secondary N) is 1. The molecule has 0 aliphatic heterocycles. The molecule has 0 fully saturated rings. The highest BCUT2D eigenvalue weighted by molar-refractivity contribution is 5.94. The summed E-state index contributed by atoms with van der Waals surface area (Å²) >= 11 is 0. The lowest BCUT2D eigenvalue weighted by molar-refractivity contribution is 0.0952. The van der Waals surface area contributed by atoms with Gasteiger partial charge in [-0.15, -0.1) is 0 Å². The number of aryl methyl sites for hydroxylation is 2. The summed E-state index contributed by atoms with van der Waals surface area (Å²) in [5, 5.41) is 8.56. The highest BCUT2D eigenvalue weighted by Gasteiger charge is 2.07. The summed E-state index contributed by atoms with van der Waals surface area (Å²) in [4.78, 5) is 12.1. The van der Waals surface area contributed by atoms with Crippen LogP contribution in [0.2, 0.25) is 0 Å². The second-order valence-electron chi connectivity index (χ2n) is 5.72. The van der Waals surface area contributed by atoms with Gasteiger partial charge in [0.25, 0.3) is 5.91 Å². The third-order valence-electron chi connectivity index (χ3n) is 4.07. The number of hydrogen-bond donors (Lipinski definition) is 1. The van der Waals surface area contributed by atoms with Gasteiger partial charge >= 0.3 is 0 Å². The van der Waals surface area contributed by atoms with Gasteiger partial charge < -0.3 is 10.1 Å². The Balaban J connectivity index is 1.54. The number of hydrogen-bond acceptors (Lipinski definition) is 3. The highest BCUT2D eigenvalue weighted by Crippen LogP contribution is 2.17. The smallest absolute Gasteiger partial charge is 0.251 e. The Morgan fingerprint density at radius 1 is 1.25 bits per heavy atom. The normalized spacial score (nSPS) is 10.8. The Bertz CT molecular complexity index is 855. The maximum absolute atomic E-state index is 12.1. The van der Waals surface area contributed by atoms with Crippen LogP contribution >= 0.6 is 0 Å². The average molecular weight is 323 g/mol. The molecule has 0 saturated heterocycles. The summed E-state index contributed by atoms with van der Waals surface area (Å²) in [6.07, 6.45) is 2.72. The van der Waals surface area contributed by atoms with E-state index in [4.69, 9.17) is 4.74 Å². The molecule has 0 aliphatic rings. The highest BCUT2D eigenvalue weighted by atomic mass is 16.5. The maximum Gasteiger partial charge on any atom is 0.251 e. The molecule has 0 spiro atoms. The summed E-state index contributed by atoms with van der Waals surface area (Å²) in [7, 11) is 1.59. The van der Waals surface area contributed by atoms with E-state index in [9.17, 15) is 4.79 Å². The van der Waals surface area contributed by atoms with Crippen molar-refractivity contribution in [3.8, 4) is 5.75 Å². The minimum atomic E-state index is -0.0879. The van der Waals surface area contributed by atoms with Gasteiger partial charge in [0.1, 0.15) is 5.75 Å². The van der Waals surface area contributed by atoms with E-state index in [2.05, 4.69) is 29.5 Å². The summed E-state index contributed by atoms with van der Waals surface area (Å²) in [6.45, 7) is 3.46. The lowest BCUT2D eigenvalue weighted by Crippen LogP contribution is -2.25. The summed E-state index contributed by atoms with van der Waals surface area (Å²) in [6, 6.07) is 13.3. The van der Waals surface area contributed by atoms with E-state index < -0.39 is 0 Å². The van der Waals surface area contributed by atoms with Crippen LogP contribution in [0.25, 0.3) is 10.9 Å². The molecule has 24 heavy (non-hydrogen) atoms. The van der Waals surface area contributed by atoms with Crippen LogP contribution in [0, 0.1) is 6.92 Å². The number of methoxy groups -OCH3 is 1. The Hall–Kier alpha value is -2.82. The van der Waals surface area contributed by atoms with Crippen molar-refractivity contribution in [2.75, 3.05) is 13.7 Å². The molecule has 1 aromatic heterocycles. The number of rotatable bonds is 6. The first-order valence-electron chi connectivity index (χ1n) is 8.02. The van der Waals surface area contributed by atoms with Crippen LogP contribution in [0.1, 0.15) is 22.3 Å². The first kappa shape index (κ1) is 16.1. The number of carbonyl (C=O) groups excluding carboxylic acids is 1. The van der Waals surface area contributed by atoms with Gasteiger partial charge in [-0.3, -0.25) is 9.48 Å². The van der Waals surface area contributed by atoms with E-state index in [-0.39, 0.29) is 5.91 Å². The van der Waals surface area contributed by atoms with E-state index in [1.165, 1.54) is 10.9 Å². The third-order valence-corrected chi connectivity index (χ3v) is 4.07. The van der Waals surface area contributed by atoms with Crippen molar-refractivity contribution in [1.82, 2.24) is 15.1 Å². The van der Waals surface area contributed by atoms with Crippen LogP contribution in [0.3, 0.4) is 0 Å². The van der Waals surface area contributed by atoms with Crippen LogP contribution in [-0.2, 0) is 6.54 Å². The number of fused-ring (bicyclic) bond motifs is 1. The largest absolute Gasteiger partial charge is 0.497 e. The van der Waals surface area contributed by atoms with E-state index in [1.807, 2.05) is 29.1 Å². The molecule has 3 rings (SSSR count). The predicted molar refractivity (Wildman–Crippen MR) is 94.4 cm³/mol. The van der Waals surface area contributed by atoms with Gasteiger partial charge in [0.2, 0.25) is 0 Å². The number of nitrogens with zero attached hydrogens (tertiary/aromatic N) is 2. The molecule has 0 atom stereocenters. The minimum absolute atomic E-state index is 0.0879. The van der Waals surface area contributed by atoms with E-state index in [1.54, 1.807) is 19.2 Å². The lowest BCUT2D eigenvalue weighted by atomic mass is 10.1. The van der Waals surface area contributed by atoms with Crippen molar-refractivity contribution >= 4 is 16.8 Å². The van der Waals surface area contributed by atoms with E-state index in [0.29, 0.717) is 17.9 Å². The van der Waals surface area contributed by atoms with Crippen molar-refractivity contribution < 1.29 is 9.53 Å². The fourth-order valence-corrected chi connectivity index (χ4v) is 2.72. The van der Waals surface area contributed by atoms with Gasteiger partial charge in [-0.2, -0.15) is 5.10 Å². The van der Waals surface area contributed by atoms with Crippen LogP contribution in [0.5, 0.6) is 5.75 Å². The second kappa shape index (κ2) is 7.17. The molecule has 0 bridgehead atoms. The van der Waals surface area contributed by atoms with Crippen LogP contribution in [-0.4, -0.2) is 29.3 Å². The molecular weight excluding hydrogens is 302 g/mol. The lowest BCUT2D eigenvalue weighted by Gasteiger charge is -2.07. The van der Waals surface area contributed by atoms with Crippen LogP contribution < -0.4 is 10.1 Å². The van der Waals surface area contributed by atoms with Crippen molar-refractivity contribution in [2.45, 2.75) is 19.9 Å². The van der Waals surface area contributed by atoms with Crippen molar-refractivity contribution in [3.05, 3.63) is 59.8 Å². The fourth-order valence-electron chi connectivity index (χ4n) is 2.72. The zero-order valence-corrected chi connectivity index (χ0v) is 14.0. The molecule has 0 aliphatic carbocycles. The third kappa shape index (κ3) is 3.40. The van der Waals surface area contributed by atoms with E-state index >= 15 is 0 Å². The molecule has 0 saturated carbocycles. The molecule has 5 heteroatoms. The number of amides is 1. The molecule has 1 amide bonds. The van der Waals surface area contributed by atoms with Gasteiger partial charge in [-0.1, -0.05) is 18.2 Å². The molecule has 1 heterocycles. The minimum Gasteiger partial charge on any atom is -0.497 e. The van der Waals surface area contributed by atoms with Gasteiger partial charge in [0, 0.05) is 24.0 Å². The molecular formula is C19H21N3O2. The number of carbonyl (C=O) groups is 1. The van der Waals surface area contributed by atoms with Crippen LogP contribution in [0.4, 0.5) is 0 Å². The number of ether oxygens (including phenoxy) is 1. The molecule has 0 radical (unpaired) electrons. The zero-order valence-electron chi connectivity index (χ0n) is 14.0. The van der Waals surface area contributed by atoms with Gasteiger partial charge in [0.05, 0.1) is 18.8 Å². The standard InChI is InChI=1S/C19H21N3O2/c1-14-6-3-9-18-17(14)13-21-22(18)11-5-10-20-19(23)15-7-4-8-16(12-15)24-2/h3-4,6-9,12-13H,5,10-11H2,1-2H3,(H,20,23). The maximum atomic E-state index is 12.1. The Morgan fingerprint density at radius 3 is 2.92 bits per heavy atom. The van der Waals surface area contributed by atoms with Gasteiger partial charge in [-0.05, 0) is 43.2 Å². The topological polar surface area (TPSA) is 56.1 Å². The molecule has 0 unspecified atom stereocenters. The Morgan fingerprint density at radius 2 is 2.08 bits per heavy atom. The van der Waals surface area contributed by atoms with Gasteiger partial charge in [0.15, 0.2) is 0 Å². The molecule has 5 nitrogen and oxygen atoms in total. The monoisotopic (exact) mass is 323 g/mol. The Kier molecular flexibility index (Phi) is 4.79. The number of aromatic nitrogens is 2. The fraction of sp³-hybridized carbons (Fsp3) is 0.263. The summed E-state index contributed by atoms with van der Waals surface area (Å²) in [5.41, 5.74) is 2.97. The SMILES string of the molecule is COc1cccc(C(=O)NCCCn2ncc3c(C)cccc32)c1. The Labute approximate surface area is 141 Å². The first-order chi connectivity index (χ1) is 11.7. The predicted octanol–water partition coefficient (Wildman–Crippen LogP) is 3.17.